The lowest BCUT2D eigenvalue weighted by Crippen LogP contribution is -2.49. The minimum absolute atomic E-state index is 0.196. The van der Waals surface area contributed by atoms with E-state index in [1.165, 1.54) is 0 Å². The van der Waals surface area contributed by atoms with E-state index in [9.17, 15) is 4.79 Å². The number of benzene rings is 2. The van der Waals surface area contributed by atoms with Gasteiger partial charge in [-0.15, -0.1) is 11.3 Å². The molecule has 2 aromatic heterocycles. The summed E-state index contributed by atoms with van der Waals surface area (Å²) in [5.41, 5.74) is 4.10. The third kappa shape index (κ3) is 4.35. The second-order valence-corrected chi connectivity index (χ2v) is 9.51. The number of thiazole rings is 1. The van der Waals surface area contributed by atoms with Gasteiger partial charge in [0.05, 0.1) is 16.4 Å². The van der Waals surface area contributed by atoms with Crippen molar-refractivity contribution in [3.63, 3.8) is 0 Å². The third-order valence-electron chi connectivity index (χ3n) is 5.84. The van der Waals surface area contributed by atoms with Crippen LogP contribution in [0.1, 0.15) is 12.1 Å². The first-order valence-electron chi connectivity index (χ1n) is 10.6. The van der Waals surface area contributed by atoms with Gasteiger partial charge in [0.2, 0.25) is 5.91 Å². The molecule has 0 N–H and O–H groups in total. The molecule has 5 rings (SSSR count). The molecule has 0 atom stereocenters. The third-order valence-corrected chi connectivity index (χ3v) is 7.30. The van der Waals surface area contributed by atoms with Gasteiger partial charge in [0.15, 0.2) is 4.96 Å². The second-order valence-electron chi connectivity index (χ2n) is 7.83. The quantitative estimate of drug-likeness (QED) is 0.367. The van der Waals surface area contributed by atoms with Gasteiger partial charge in [0.1, 0.15) is 0 Å². The fraction of sp³-hybridized carbons (Fsp3) is 0.250. The summed E-state index contributed by atoms with van der Waals surface area (Å²) >= 11 is 13.9. The zero-order chi connectivity index (χ0) is 22.1. The van der Waals surface area contributed by atoms with Crippen molar-refractivity contribution in [2.45, 2.75) is 12.8 Å². The van der Waals surface area contributed by atoms with Gasteiger partial charge in [0.25, 0.3) is 0 Å². The first kappa shape index (κ1) is 21.3. The summed E-state index contributed by atoms with van der Waals surface area (Å²) in [6, 6.07) is 15.6. The molecule has 1 amide bonds. The van der Waals surface area contributed by atoms with Crippen LogP contribution in [0.3, 0.4) is 0 Å². The average Bonchev–Trinajstić information content (AvgIpc) is 3.40. The number of anilines is 1. The van der Waals surface area contributed by atoms with Crippen molar-refractivity contribution in [3.05, 3.63) is 75.8 Å². The number of fused-ring (bicyclic) bond motifs is 1. The highest BCUT2D eigenvalue weighted by molar-refractivity contribution is 7.15. The SMILES string of the molecule is O=C(CCc1csc2nc(-c3ccc(Cl)cc3)cn12)N1CCN(c2ccccc2Cl)CC1. The Morgan fingerprint density at radius 3 is 2.50 bits per heavy atom. The van der Waals surface area contributed by atoms with Gasteiger partial charge in [0, 0.05) is 60.5 Å². The Bertz CT molecular complexity index is 1240. The molecule has 1 saturated heterocycles. The van der Waals surface area contributed by atoms with E-state index in [2.05, 4.69) is 14.7 Å². The number of hydrogen-bond donors (Lipinski definition) is 0. The molecule has 1 fully saturated rings. The van der Waals surface area contributed by atoms with E-state index in [1.807, 2.05) is 59.6 Å². The van der Waals surface area contributed by atoms with Crippen molar-refractivity contribution >= 4 is 51.1 Å². The number of hydrogen-bond acceptors (Lipinski definition) is 4. The first-order valence-corrected chi connectivity index (χ1v) is 12.2. The molecule has 164 valence electrons. The van der Waals surface area contributed by atoms with Crippen molar-refractivity contribution in [1.29, 1.82) is 0 Å². The number of imidazole rings is 1. The van der Waals surface area contributed by atoms with Gasteiger partial charge < -0.3 is 9.80 Å². The molecular formula is C24H22Cl2N4OS. The predicted octanol–water partition coefficient (Wildman–Crippen LogP) is 5.65. The van der Waals surface area contributed by atoms with Crippen LogP contribution in [0.4, 0.5) is 5.69 Å². The largest absolute Gasteiger partial charge is 0.367 e. The fourth-order valence-electron chi connectivity index (χ4n) is 4.07. The van der Waals surface area contributed by atoms with E-state index in [-0.39, 0.29) is 5.91 Å². The fourth-order valence-corrected chi connectivity index (χ4v) is 5.36. The van der Waals surface area contributed by atoms with Crippen molar-refractivity contribution in [1.82, 2.24) is 14.3 Å². The highest BCUT2D eigenvalue weighted by Gasteiger charge is 2.22. The van der Waals surface area contributed by atoms with E-state index < -0.39 is 0 Å². The number of para-hydroxylation sites is 1. The molecular weight excluding hydrogens is 463 g/mol. The zero-order valence-corrected chi connectivity index (χ0v) is 19.7. The Morgan fingerprint density at radius 1 is 1.00 bits per heavy atom. The maximum Gasteiger partial charge on any atom is 0.223 e. The van der Waals surface area contributed by atoms with Crippen LogP contribution in [0.15, 0.2) is 60.1 Å². The Labute approximate surface area is 200 Å². The molecule has 0 radical (unpaired) electrons. The van der Waals surface area contributed by atoms with Crippen molar-refractivity contribution in [2.24, 2.45) is 0 Å². The highest BCUT2D eigenvalue weighted by Crippen LogP contribution is 2.27. The molecule has 1 aliphatic heterocycles. The van der Waals surface area contributed by atoms with Crippen molar-refractivity contribution in [2.75, 3.05) is 31.1 Å². The van der Waals surface area contributed by atoms with E-state index in [0.29, 0.717) is 17.9 Å². The summed E-state index contributed by atoms with van der Waals surface area (Å²) in [6.07, 6.45) is 3.23. The van der Waals surface area contributed by atoms with Gasteiger partial charge in [-0.25, -0.2) is 4.98 Å². The van der Waals surface area contributed by atoms with E-state index >= 15 is 0 Å². The Balaban J connectivity index is 1.20. The van der Waals surface area contributed by atoms with E-state index in [1.54, 1.807) is 11.3 Å². The lowest BCUT2D eigenvalue weighted by Gasteiger charge is -2.36. The molecule has 3 heterocycles. The molecule has 0 saturated carbocycles. The normalized spacial score (nSPS) is 14.3. The molecule has 0 unspecified atom stereocenters. The molecule has 8 heteroatoms. The monoisotopic (exact) mass is 484 g/mol. The maximum atomic E-state index is 12.8. The molecule has 2 aromatic carbocycles. The van der Waals surface area contributed by atoms with E-state index in [0.717, 1.165) is 58.8 Å². The molecule has 0 aliphatic carbocycles. The minimum Gasteiger partial charge on any atom is -0.367 e. The molecule has 4 aromatic rings. The summed E-state index contributed by atoms with van der Waals surface area (Å²) in [5, 5.41) is 3.56. The van der Waals surface area contributed by atoms with Crippen LogP contribution in [-0.4, -0.2) is 46.4 Å². The van der Waals surface area contributed by atoms with Crippen LogP contribution in [0.5, 0.6) is 0 Å². The van der Waals surface area contributed by atoms with Crippen molar-refractivity contribution in [3.8, 4) is 11.3 Å². The van der Waals surface area contributed by atoms with Gasteiger partial charge in [-0.3, -0.25) is 9.20 Å². The number of amides is 1. The number of piperazine rings is 1. The highest BCUT2D eigenvalue weighted by atomic mass is 35.5. The molecule has 32 heavy (non-hydrogen) atoms. The number of halogens is 2. The molecule has 0 spiro atoms. The van der Waals surface area contributed by atoms with Gasteiger partial charge in [-0.1, -0.05) is 47.5 Å². The molecule has 5 nitrogen and oxygen atoms in total. The Morgan fingerprint density at radius 2 is 1.75 bits per heavy atom. The number of carbonyl (C=O) groups is 1. The molecule has 0 bridgehead atoms. The Kier molecular flexibility index (Phi) is 6.09. The summed E-state index contributed by atoms with van der Waals surface area (Å²) in [4.78, 5) is 22.7. The van der Waals surface area contributed by atoms with E-state index in [4.69, 9.17) is 28.2 Å². The van der Waals surface area contributed by atoms with Gasteiger partial charge >= 0.3 is 0 Å². The van der Waals surface area contributed by atoms with Crippen LogP contribution in [0.25, 0.3) is 16.2 Å². The predicted molar refractivity (Wildman–Crippen MR) is 132 cm³/mol. The van der Waals surface area contributed by atoms with Crippen LogP contribution >= 0.6 is 34.5 Å². The zero-order valence-electron chi connectivity index (χ0n) is 17.4. The maximum absolute atomic E-state index is 12.8. The average molecular weight is 485 g/mol. The topological polar surface area (TPSA) is 40.9 Å². The van der Waals surface area contributed by atoms with Gasteiger partial charge in [-0.05, 0) is 30.7 Å². The van der Waals surface area contributed by atoms with Crippen LogP contribution in [0.2, 0.25) is 10.0 Å². The smallest absolute Gasteiger partial charge is 0.223 e. The lowest BCUT2D eigenvalue weighted by atomic mass is 10.2. The van der Waals surface area contributed by atoms with Gasteiger partial charge in [-0.2, -0.15) is 0 Å². The van der Waals surface area contributed by atoms with Crippen LogP contribution in [-0.2, 0) is 11.2 Å². The molecule has 1 aliphatic rings. The minimum atomic E-state index is 0.196. The number of nitrogens with zero attached hydrogens (tertiary/aromatic N) is 4. The summed E-state index contributed by atoms with van der Waals surface area (Å²) in [5.74, 6) is 0.196. The summed E-state index contributed by atoms with van der Waals surface area (Å²) < 4.78 is 2.09. The number of carbonyl (C=O) groups excluding carboxylic acids is 1. The lowest BCUT2D eigenvalue weighted by molar-refractivity contribution is -0.131. The van der Waals surface area contributed by atoms with Crippen LogP contribution in [0, 0.1) is 0 Å². The van der Waals surface area contributed by atoms with Crippen LogP contribution < -0.4 is 4.90 Å². The number of aromatic nitrogens is 2. The first-order chi connectivity index (χ1) is 15.6. The summed E-state index contributed by atoms with van der Waals surface area (Å²) in [6.45, 7) is 3.03. The standard InChI is InChI=1S/C24H22Cl2N4OS/c25-18-7-5-17(6-8-18)21-15-30-19(16-32-24(30)27-21)9-10-23(31)29-13-11-28(12-14-29)22-4-2-1-3-20(22)26/h1-8,15-16H,9-14H2. The van der Waals surface area contributed by atoms with Crippen molar-refractivity contribution < 1.29 is 4.79 Å². The number of rotatable bonds is 5. The number of aryl methyl sites for hydroxylation is 1. The second kappa shape index (κ2) is 9.14. The summed E-state index contributed by atoms with van der Waals surface area (Å²) in [7, 11) is 0. The Hall–Kier alpha value is -2.54.